The van der Waals surface area contributed by atoms with Gasteiger partial charge in [-0.15, -0.1) is 0 Å². The van der Waals surface area contributed by atoms with Gasteiger partial charge >= 0.3 is 0 Å². The summed E-state index contributed by atoms with van der Waals surface area (Å²) in [6, 6.07) is 17.9. The molecule has 1 aliphatic rings. The fraction of sp³-hybridized carbons (Fsp3) is 0.345. The summed E-state index contributed by atoms with van der Waals surface area (Å²) in [5.74, 6) is 1.51. The van der Waals surface area contributed by atoms with Crippen LogP contribution in [0.1, 0.15) is 50.1 Å². The van der Waals surface area contributed by atoms with E-state index in [1.807, 2.05) is 63.2 Å². The van der Waals surface area contributed by atoms with Gasteiger partial charge in [0.25, 0.3) is 5.56 Å². The highest BCUT2D eigenvalue weighted by Gasteiger charge is 2.28. The van der Waals surface area contributed by atoms with Crippen molar-refractivity contribution < 1.29 is 9.47 Å². The van der Waals surface area contributed by atoms with Crippen molar-refractivity contribution >= 4 is 22.8 Å². The highest BCUT2D eigenvalue weighted by Crippen LogP contribution is 2.30. The Bertz CT molecular complexity index is 1480. The molecule has 0 N–H and O–H groups in total. The standard InChI is InChI=1S/C29H31N3O3S/c1-18(2)35-23-11-9-20(10-12-23)17-36-28-31-26-24(14-21-16-34-29(4,5)15-25(21)30-26)27(33)32(28)22-8-6-7-19(3)13-22/h6-14,18H,15-17H2,1-5H3. The lowest BCUT2D eigenvalue weighted by atomic mass is 9.95. The molecule has 186 valence electrons. The van der Waals surface area contributed by atoms with Gasteiger partial charge in [-0.1, -0.05) is 36.0 Å². The maximum Gasteiger partial charge on any atom is 0.268 e. The van der Waals surface area contributed by atoms with E-state index in [2.05, 4.69) is 26.0 Å². The molecular formula is C29H31N3O3S. The van der Waals surface area contributed by atoms with Crippen LogP contribution in [0.3, 0.4) is 0 Å². The van der Waals surface area contributed by atoms with Gasteiger partial charge in [-0.3, -0.25) is 9.36 Å². The van der Waals surface area contributed by atoms with Crippen LogP contribution in [0.25, 0.3) is 16.7 Å². The molecule has 0 radical (unpaired) electrons. The van der Waals surface area contributed by atoms with Gasteiger partial charge < -0.3 is 9.47 Å². The molecule has 5 rings (SSSR count). The number of thioether (sulfide) groups is 1. The Morgan fingerprint density at radius 1 is 1.11 bits per heavy atom. The Labute approximate surface area is 215 Å². The van der Waals surface area contributed by atoms with Crippen molar-refractivity contribution in [3.05, 3.63) is 87.3 Å². The number of benzene rings is 2. The van der Waals surface area contributed by atoms with Crippen LogP contribution in [0, 0.1) is 6.92 Å². The van der Waals surface area contributed by atoms with Crippen molar-refractivity contribution in [3.63, 3.8) is 0 Å². The molecule has 7 heteroatoms. The number of pyridine rings is 1. The third kappa shape index (κ3) is 5.18. The second-order valence-corrected chi connectivity index (χ2v) is 11.1. The van der Waals surface area contributed by atoms with Crippen LogP contribution >= 0.6 is 11.8 Å². The van der Waals surface area contributed by atoms with Crippen molar-refractivity contribution in [2.75, 3.05) is 0 Å². The molecule has 4 aromatic rings. The van der Waals surface area contributed by atoms with E-state index in [1.54, 1.807) is 4.57 Å². The smallest absolute Gasteiger partial charge is 0.268 e. The first kappa shape index (κ1) is 24.5. The molecule has 6 nitrogen and oxygen atoms in total. The van der Waals surface area contributed by atoms with Crippen LogP contribution in [0.4, 0.5) is 0 Å². The first-order chi connectivity index (χ1) is 17.2. The molecule has 3 heterocycles. The van der Waals surface area contributed by atoms with E-state index in [-0.39, 0.29) is 17.3 Å². The zero-order valence-corrected chi connectivity index (χ0v) is 22.2. The molecule has 2 aromatic heterocycles. The van der Waals surface area contributed by atoms with Crippen molar-refractivity contribution in [1.29, 1.82) is 0 Å². The summed E-state index contributed by atoms with van der Waals surface area (Å²) in [7, 11) is 0. The summed E-state index contributed by atoms with van der Waals surface area (Å²) in [5, 5.41) is 1.14. The Morgan fingerprint density at radius 2 is 1.89 bits per heavy atom. The summed E-state index contributed by atoms with van der Waals surface area (Å²) in [6.45, 7) is 10.6. The lowest BCUT2D eigenvalue weighted by Gasteiger charge is -2.31. The molecule has 0 atom stereocenters. The minimum Gasteiger partial charge on any atom is -0.491 e. The van der Waals surface area contributed by atoms with Crippen molar-refractivity contribution in [2.45, 2.75) is 70.3 Å². The number of aryl methyl sites for hydroxylation is 1. The Balaban J connectivity index is 1.57. The summed E-state index contributed by atoms with van der Waals surface area (Å²) in [5.41, 5.74) is 5.00. The lowest BCUT2D eigenvalue weighted by Crippen LogP contribution is -2.33. The predicted octanol–water partition coefficient (Wildman–Crippen LogP) is 6.02. The highest BCUT2D eigenvalue weighted by atomic mass is 32.2. The molecule has 2 aromatic carbocycles. The van der Waals surface area contributed by atoms with E-state index in [0.717, 1.165) is 33.8 Å². The fourth-order valence-electron chi connectivity index (χ4n) is 4.35. The normalized spacial score (nSPS) is 14.7. The highest BCUT2D eigenvalue weighted by molar-refractivity contribution is 7.98. The minimum atomic E-state index is -0.284. The topological polar surface area (TPSA) is 66.2 Å². The van der Waals surface area contributed by atoms with Crippen LogP contribution < -0.4 is 10.3 Å². The summed E-state index contributed by atoms with van der Waals surface area (Å²) >= 11 is 1.53. The van der Waals surface area contributed by atoms with Crippen LogP contribution in [-0.4, -0.2) is 26.2 Å². The maximum atomic E-state index is 13.8. The zero-order valence-electron chi connectivity index (χ0n) is 21.4. The average molecular weight is 502 g/mol. The quantitative estimate of drug-likeness (QED) is 0.238. The molecule has 0 saturated heterocycles. The van der Waals surface area contributed by atoms with Gasteiger partial charge in [0.2, 0.25) is 0 Å². The molecule has 0 saturated carbocycles. The van der Waals surface area contributed by atoms with E-state index in [4.69, 9.17) is 19.4 Å². The predicted molar refractivity (Wildman–Crippen MR) is 144 cm³/mol. The van der Waals surface area contributed by atoms with E-state index >= 15 is 0 Å². The summed E-state index contributed by atoms with van der Waals surface area (Å²) in [4.78, 5) is 23.6. The summed E-state index contributed by atoms with van der Waals surface area (Å²) < 4.78 is 13.4. The number of fused-ring (bicyclic) bond motifs is 2. The van der Waals surface area contributed by atoms with Crippen LogP contribution in [0.5, 0.6) is 5.75 Å². The molecule has 0 spiro atoms. The minimum absolute atomic E-state index is 0.117. The van der Waals surface area contributed by atoms with Crippen LogP contribution in [0.2, 0.25) is 0 Å². The van der Waals surface area contributed by atoms with E-state index < -0.39 is 0 Å². The van der Waals surface area contributed by atoms with Crippen molar-refractivity contribution in [2.24, 2.45) is 0 Å². The Morgan fingerprint density at radius 3 is 2.61 bits per heavy atom. The maximum absolute atomic E-state index is 13.8. The molecular weight excluding hydrogens is 470 g/mol. The third-order valence-corrected chi connectivity index (χ3v) is 7.14. The second-order valence-electron chi connectivity index (χ2n) is 10.2. The van der Waals surface area contributed by atoms with Gasteiger partial charge in [0.1, 0.15) is 5.75 Å². The van der Waals surface area contributed by atoms with Gasteiger partial charge in [0.05, 0.1) is 35.1 Å². The van der Waals surface area contributed by atoms with Gasteiger partial charge in [-0.05, 0) is 76.1 Å². The second kappa shape index (κ2) is 9.71. The van der Waals surface area contributed by atoms with Crippen molar-refractivity contribution in [1.82, 2.24) is 14.5 Å². The average Bonchev–Trinajstić information content (AvgIpc) is 2.82. The third-order valence-electron chi connectivity index (χ3n) is 6.13. The Kier molecular flexibility index (Phi) is 6.62. The van der Waals surface area contributed by atoms with Crippen LogP contribution in [-0.2, 0) is 23.5 Å². The number of nitrogens with zero attached hydrogens (tertiary/aromatic N) is 3. The van der Waals surface area contributed by atoms with Gasteiger partial charge in [-0.25, -0.2) is 9.97 Å². The fourth-order valence-corrected chi connectivity index (χ4v) is 5.31. The first-order valence-electron chi connectivity index (χ1n) is 12.2. The zero-order chi connectivity index (χ0) is 25.4. The summed E-state index contributed by atoms with van der Waals surface area (Å²) in [6.07, 6.45) is 0.819. The largest absolute Gasteiger partial charge is 0.491 e. The molecule has 0 amide bonds. The van der Waals surface area contributed by atoms with E-state index in [0.29, 0.717) is 35.0 Å². The first-order valence-corrected chi connectivity index (χ1v) is 13.2. The number of hydrogen-bond acceptors (Lipinski definition) is 6. The van der Waals surface area contributed by atoms with Crippen molar-refractivity contribution in [3.8, 4) is 11.4 Å². The monoisotopic (exact) mass is 501 g/mol. The Hall–Kier alpha value is -3.16. The van der Waals surface area contributed by atoms with Gasteiger partial charge in [0, 0.05) is 17.7 Å². The van der Waals surface area contributed by atoms with E-state index in [1.165, 1.54) is 11.8 Å². The lowest BCUT2D eigenvalue weighted by molar-refractivity contribution is -0.0411. The molecule has 0 bridgehead atoms. The molecule has 36 heavy (non-hydrogen) atoms. The van der Waals surface area contributed by atoms with Crippen LogP contribution in [0.15, 0.2) is 64.5 Å². The molecule has 0 unspecified atom stereocenters. The number of ether oxygens (including phenoxy) is 2. The van der Waals surface area contributed by atoms with E-state index in [9.17, 15) is 4.79 Å². The molecule has 0 fully saturated rings. The molecule has 0 aliphatic carbocycles. The number of aromatic nitrogens is 3. The number of hydrogen-bond donors (Lipinski definition) is 0. The van der Waals surface area contributed by atoms with Gasteiger partial charge in [0.15, 0.2) is 10.8 Å². The SMILES string of the molecule is Cc1cccc(-n2c(SCc3ccc(OC(C)C)cc3)nc3nc4c(cc3c2=O)COC(C)(C)C4)c1. The number of rotatable bonds is 6. The van der Waals surface area contributed by atoms with Gasteiger partial charge in [-0.2, -0.15) is 0 Å². The molecule has 1 aliphatic heterocycles.